The monoisotopic (exact) mass is 252 g/mol. The van der Waals surface area contributed by atoms with Crippen LogP contribution in [0.15, 0.2) is 30.5 Å². The number of nitrogens with zero attached hydrogens (tertiary/aromatic N) is 1. The Morgan fingerprint density at radius 1 is 1.19 bits per heavy atom. The highest BCUT2D eigenvalue weighted by Crippen LogP contribution is 2.35. The Bertz CT molecular complexity index is 489. The number of pyridine rings is 1. The molecule has 0 spiro atoms. The largest absolute Gasteiger partial charge is 0.397 e. The molecule has 0 saturated heterocycles. The van der Waals surface area contributed by atoms with E-state index in [1.54, 1.807) is 12.3 Å². The van der Waals surface area contributed by atoms with Crippen molar-refractivity contribution in [2.45, 2.75) is 6.92 Å². The standard InChI is InChI=1S/C12H10Cl2N2/c1-7-5-6-16-12(11(7)15)8-3-2-4-9(13)10(8)14/h2-6H,15H2,1H3. The van der Waals surface area contributed by atoms with Crippen LogP contribution in [0, 0.1) is 6.92 Å². The molecule has 2 nitrogen and oxygen atoms in total. The molecule has 1 aromatic carbocycles. The van der Waals surface area contributed by atoms with Crippen molar-refractivity contribution in [3.8, 4) is 11.3 Å². The van der Waals surface area contributed by atoms with Crippen molar-refractivity contribution in [1.82, 2.24) is 4.98 Å². The van der Waals surface area contributed by atoms with Gasteiger partial charge in [0.1, 0.15) is 0 Å². The van der Waals surface area contributed by atoms with Crippen molar-refractivity contribution in [2.75, 3.05) is 5.73 Å². The highest BCUT2D eigenvalue weighted by Gasteiger charge is 2.11. The molecule has 0 aliphatic heterocycles. The number of nitrogens with two attached hydrogens (primary N) is 1. The summed E-state index contributed by atoms with van der Waals surface area (Å²) >= 11 is 12.1. The number of benzene rings is 1. The van der Waals surface area contributed by atoms with Gasteiger partial charge in [-0.25, -0.2) is 0 Å². The van der Waals surface area contributed by atoms with Gasteiger partial charge in [-0.05, 0) is 24.6 Å². The van der Waals surface area contributed by atoms with Crippen molar-refractivity contribution in [3.63, 3.8) is 0 Å². The number of hydrogen-bond acceptors (Lipinski definition) is 2. The predicted octanol–water partition coefficient (Wildman–Crippen LogP) is 3.95. The average Bonchev–Trinajstić information content (AvgIpc) is 2.27. The van der Waals surface area contributed by atoms with Gasteiger partial charge in [0, 0.05) is 11.8 Å². The number of hydrogen-bond donors (Lipinski definition) is 1. The maximum Gasteiger partial charge on any atom is 0.0949 e. The summed E-state index contributed by atoms with van der Waals surface area (Å²) in [6.45, 7) is 1.93. The van der Waals surface area contributed by atoms with E-state index in [-0.39, 0.29) is 0 Å². The van der Waals surface area contributed by atoms with E-state index in [0.717, 1.165) is 11.1 Å². The molecule has 1 aromatic heterocycles. The smallest absolute Gasteiger partial charge is 0.0949 e. The van der Waals surface area contributed by atoms with E-state index in [2.05, 4.69) is 4.98 Å². The van der Waals surface area contributed by atoms with Gasteiger partial charge in [0.25, 0.3) is 0 Å². The number of aryl methyl sites for hydroxylation is 1. The van der Waals surface area contributed by atoms with Gasteiger partial charge in [0.15, 0.2) is 0 Å². The molecule has 0 fully saturated rings. The number of nitrogen functional groups attached to an aromatic ring is 1. The first-order valence-electron chi connectivity index (χ1n) is 4.76. The predicted molar refractivity (Wildman–Crippen MR) is 68.8 cm³/mol. The van der Waals surface area contributed by atoms with Crippen LogP contribution in [-0.2, 0) is 0 Å². The van der Waals surface area contributed by atoms with Crippen molar-refractivity contribution < 1.29 is 0 Å². The van der Waals surface area contributed by atoms with Gasteiger partial charge in [-0.2, -0.15) is 0 Å². The molecule has 0 aliphatic rings. The van der Waals surface area contributed by atoms with Crippen LogP contribution in [-0.4, -0.2) is 4.98 Å². The van der Waals surface area contributed by atoms with E-state index < -0.39 is 0 Å². The van der Waals surface area contributed by atoms with Crippen molar-refractivity contribution in [1.29, 1.82) is 0 Å². The van der Waals surface area contributed by atoms with Gasteiger partial charge in [-0.3, -0.25) is 4.98 Å². The number of anilines is 1. The Morgan fingerprint density at radius 3 is 2.69 bits per heavy atom. The minimum Gasteiger partial charge on any atom is -0.397 e. The Labute approximate surface area is 104 Å². The molecule has 0 bridgehead atoms. The fourth-order valence-corrected chi connectivity index (χ4v) is 1.86. The summed E-state index contributed by atoms with van der Waals surface area (Å²) < 4.78 is 0. The maximum atomic E-state index is 6.12. The van der Waals surface area contributed by atoms with E-state index in [1.807, 2.05) is 25.1 Å². The zero-order valence-electron chi connectivity index (χ0n) is 8.67. The van der Waals surface area contributed by atoms with Crippen LogP contribution in [0.1, 0.15) is 5.56 Å². The van der Waals surface area contributed by atoms with Gasteiger partial charge >= 0.3 is 0 Å². The minimum atomic E-state index is 0.481. The van der Waals surface area contributed by atoms with Crippen molar-refractivity contribution in [2.24, 2.45) is 0 Å². The third-order valence-corrected chi connectivity index (χ3v) is 3.23. The second-order valence-electron chi connectivity index (χ2n) is 3.49. The first-order valence-corrected chi connectivity index (χ1v) is 5.52. The van der Waals surface area contributed by atoms with Crippen LogP contribution < -0.4 is 5.73 Å². The molecule has 0 aliphatic carbocycles. The van der Waals surface area contributed by atoms with Gasteiger partial charge in [-0.15, -0.1) is 0 Å². The number of halogens is 2. The first-order chi connectivity index (χ1) is 7.61. The van der Waals surface area contributed by atoms with Crippen LogP contribution in [0.3, 0.4) is 0 Å². The van der Waals surface area contributed by atoms with Crippen LogP contribution >= 0.6 is 23.2 Å². The topological polar surface area (TPSA) is 38.9 Å². The number of aromatic nitrogens is 1. The van der Waals surface area contributed by atoms with E-state index >= 15 is 0 Å². The van der Waals surface area contributed by atoms with Gasteiger partial charge in [0.05, 0.1) is 21.4 Å². The van der Waals surface area contributed by atoms with E-state index in [9.17, 15) is 0 Å². The zero-order chi connectivity index (χ0) is 11.7. The molecule has 0 unspecified atom stereocenters. The van der Waals surface area contributed by atoms with Gasteiger partial charge in [-0.1, -0.05) is 35.3 Å². The molecule has 2 aromatic rings. The molecule has 0 amide bonds. The van der Waals surface area contributed by atoms with Crippen LogP contribution in [0.25, 0.3) is 11.3 Å². The Balaban J connectivity index is 2.68. The molecule has 82 valence electrons. The zero-order valence-corrected chi connectivity index (χ0v) is 10.2. The highest BCUT2D eigenvalue weighted by molar-refractivity contribution is 6.43. The Kier molecular flexibility index (Phi) is 3.03. The summed E-state index contributed by atoms with van der Waals surface area (Å²) in [7, 11) is 0. The molecular weight excluding hydrogens is 243 g/mol. The maximum absolute atomic E-state index is 6.12. The lowest BCUT2D eigenvalue weighted by atomic mass is 10.1. The van der Waals surface area contributed by atoms with Gasteiger partial charge in [0.2, 0.25) is 0 Å². The Morgan fingerprint density at radius 2 is 1.94 bits per heavy atom. The SMILES string of the molecule is Cc1ccnc(-c2cccc(Cl)c2Cl)c1N. The summed E-state index contributed by atoms with van der Waals surface area (Å²) in [5, 5.41) is 0.982. The third-order valence-electron chi connectivity index (χ3n) is 2.41. The van der Waals surface area contributed by atoms with E-state index in [4.69, 9.17) is 28.9 Å². The van der Waals surface area contributed by atoms with Crippen LogP contribution in [0.2, 0.25) is 10.0 Å². The fourth-order valence-electron chi connectivity index (χ4n) is 1.47. The van der Waals surface area contributed by atoms with E-state index in [0.29, 0.717) is 21.4 Å². The molecule has 0 atom stereocenters. The first kappa shape index (κ1) is 11.2. The second-order valence-corrected chi connectivity index (χ2v) is 4.28. The highest BCUT2D eigenvalue weighted by atomic mass is 35.5. The van der Waals surface area contributed by atoms with Crippen LogP contribution in [0.4, 0.5) is 5.69 Å². The third kappa shape index (κ3) is 1.86. The molecule has 0 saturated carbocycles. The quantitative estimate of drug-likeness (QED) is 0.835. The minimum absolute atomic E-state index is 0.481. The second kappa shape index (κ2) is 4.32. The molecule has 1 heterocycles. The molecule has 2 N–H and O–H groups in total. The fraction of sp³-hybridized carbons (Fsp3) is 0.0833. The summed E-state index contributed by atoms with van der Waals surface area (Å²) in [5.74, 6) is 0. The van der Waals surface area contributed by atoms with Crippen LogP contribution in [0.5, 0.6) is 0 Å². The lowest BCUT2D eigenvalue weighted by Crippen LogP contribution is -1.96. The van der Waals surface area contributed by atoms with Gasteiger partial charge < -0.3 is 5.73 Å². The van der Waals surface area contributed by atoms with Crippen molar-refractivity contribution in [3.05, 3.63) is 46.1 Å². The average molecular weight is 253 g/mol. The molecule has 2 rings (SSSR count). The normalized spacial score (nSPS) is 10.4. The summed E-state index contributed by atoms with van der Waals surface area (Å²) in [6, 6.07) is 7.27. The number of rotatable bonds is 1. The van der Waals surface area contributed by atoms with E-state index in [1.165, 1.54) is 0 Å². The lowest BCUT2D eigenvalue weighted by molar-refractivity contribution is 1.29. The lowest BCUT2D eigenvalue weighted by Gasteiger charge is -2.09. The molecule has 0 radical (unpaired) electrons. The Hall–Kier alpha value is -1.25. The molecular formula is C12H10Cl2N2. The molecule has 4 heteroatoms. The summed E-state index contributed by atoms with van der Waals surface area (Å²) in [6.07, 6.45) is 1.71. The summed E-state index contributed by atoms with van der Waals surface area (Å²) in [5.41, 5.74) is 9.01. The summed E-state index contributed by atoms with van der Waals surface area (Å²) in [4.78, 5) is 4.24. The molecule has 16 heavy (non-hydrogen) atoms. The van der Waals surface area contributed by atoms with Crippen molar-refractivity contribution >= 4 is 28.9 Å².